The Bertz CT molecular complexity index is 818. The molecule has 6 nitrogen and oxygen atoms in total. The molecular formula is C26H38N2O4. The number of ether oxygens (including phenoxy) is 2. The van der Waals surface area contributed by atoms with E-state index in [1.165, 1.54) is 5.56 Å². The van der Waals surface area contributed by atoms with Gasteiger partial charge in [-0.25, -0.2) is 4.79 Å². The van der Waals surface area contributed by atoms with Crippen LogP contribution in [0, 0.1) is 0 Å². The van der Waals surface area contributed by atoms with Crippen molar-refractivity contribution in [1.29, 1.82) is 0 Å². The van der Waals surface area contributed by atoms with Gasteiger partial charge in [-0.1, -0.05) is 70.7 Å². The molecule has 0 spiro atoms. The van der Waals surface area contributed by atoms with Crippen LogP contribution >= 0.6 is 0 Å². The van der Waals surface area contributed by atoms with E-state index < -0.39 is 0 Å². The normalized spacial score (nSPS) is 16.9. The smallest absolute Gasteiger partial charge is 0.410 e. The van der Waals surface area contributed by atoms with Crippen LogP contribution in [0.4, 0.5) is 4.79 Å². The van der Waals surface area contributed by atoms with Gasteiger partial charge < -0.3 is 19.2 Å². The average molecular weight is 443 g/mol. The Labute approximate surface area is 193 Å². The molecule has 0 radical (unpaired) electrons. The molecule has 32 heavy (non-hydrogen) atoms. The number of benzene rings is 2. The van der Waals surface area contributed by atoms with Gasteiger partial charge in [0.05, 0.1) is 19.8 Å². The number of amides is 1. The number of nitrogens with zero attached hydrogens (tertiary/aromatic N) is 2. The highest BCUT2D eigenvalue weighted by Crippen LogP contribution is 2.24. The van der Waals surface area contributed by atoms with Crippen LogP contribution in [0.3, 0.4) is 0 Å². The molecule has 1 amide bonds. The van der Waals surface area contributed by atoms with Gasteiger partial charge in [0.15, 0.2) is 0 Å². The molecule has 0 N–H and O–H groups in total. The lowest BCUT2D eigenvalue weighted by molar-refractivity contribution is -0.184. The summed E-state index contributed by atoms with van der Waals surface area (Å²) in [6.45, 7) is 9.18. The van der Waals surface area contributed by atoms with Gasteiger partial charge in [-0.15, -0.1) is 0 Å². The maximum atomic E-state index is 12.5. The van der Waals surface area contributed by atoms with Crippen LogP contribution in [0.15, 0.2) is 54.6 Å². The van der Waals surface area contributed by atoms with Crippen molar-refractivity contribution in [2.45, 2.75) is 52.7 Å². The van der Waals surface area contributed by atoms with E-state index in [4.69, 9.17) is 14.3 Å². The summed E-state index contributed by atoms with van der Waals surface area (Å²) in [6, 6.07) is 18.0. The van der Waals surface area contributed by atoms with Crippen LogP contribution in [-0.2, 0) is 21.6 Å². The lowest BCUT2D eigenvalue weighted by Gasteiger charge is -2.39. The molecule has 3 rings (SSSR count). The Hall–Kier alpha value is -2.57. The van der Waals surface area contributed by atoms with Crippen molar-refractivity contribution in [2.24, 2.45) is 0 Å². The molecule has 1 heterocycles. The van der Waals surface area contributed by atoms with E-state index in [1.54, 1.807) is 12.0 Å². The molecule has 6 heteroatoms. The molecule has 1 atom stereocenters. The van der Waals surface area contributed by atoms with Gasteiger partial charge in [0.25, 0.3) is 0 Å². The second-order valence-corrected chi connectivity index (χ2v) is 8.87. The topological polar surface area (TPSA) is 51.2 Å². The van der Waals surface area contributed by atoms with Crippen LogP contribution in [0.5, 0.6) is 5.75 Å². The second-order valence-electron chi connectivity index (χ2n) is 8.87. The lowest BCUT2D eigenvalue weighted by Crippen LogP contribution is -2.54. The van der Waals surface area contributed by atoms with E-state index in [0.29, 0.717) is 26.2 Å². The van der Waals surface area contributed by atoms with Crippen molar-refractivity contribution in [2.75, 3.05) is 33.4 Å². The lowest BCUT2D eigenvalue weighted by atomic mass is 9.87. The third-order valence-corrected chi connectivity index (χ3v) is 5.57. The van der Waals surface area contributed by atoms with Crippen molar-refractivity contribution in [3.63, 3.8) is 0 Å². The molecule has 1 aliphatic rings. The Kier molecular flexibility index (Phi) is 9.54. The summed E-state index contributed by atoms with van der Waals surface area (Å²) in [7, 11) is 1.67. The molecule has 0 bridgehead atoms. The zero-order valence-corrected chi connectivity index (χ0v) is 19.0. The number of piperazine rings is 1. The quantitative estimate of drug-likeness (QED) is 0.584. The van der Waals surface area contributed by atoms with Crippen LogP contribution in [0.1, 0.15) is 45.7 Å². The maximum Gasteiger partial charge on any atom is 0.410 e. The first-order valence-electron chi connectivity index (χ1n) is 10.9. The number of rotatable bonds is 7. The minimum Gasteiger partial charge on any atom is -0.494 e. The summed E-state index contributed by atoms with van der Waals surface area (Å²) in [5, 5.41) is 1.92. The van der Waals surface area contributed by atoms with Crippen LogP contribution in [0.2, 0.25) is 0 Å². The summed E-state index contributed by atoms with van der Waals surface area (Å²) in [5.74, 6) is 0.854. The SMILES string of the molecule is C.CON1CCN(C(=O)OCc2ccccc2)C[C@H]1CCOc1ccc(C(C)(C)C)cc1. The Morgan fingerprint density at radius 2 is 1.72 bits per heavy atom. The monoisotopic (exact) mass is 442 g/mol. The number of carbonyl (C=O) groups is 1. The van der Waals surface area contributed by atoms with Gasteiger partial charge in [0, 0.05) is 26.1 Å². The molecule has 0 aliphatic carbocycles. The zero-order chi connectivity index (χ0) is 22.3. The summed E-state index contributed by atoms with van der Waals surface area (Å²) >= 11 is 0. The van der Waals surface area contributed by atoms with Crippen molar-refractivity contribution in [1.82, 2.24) is 9.96 Å². The van der Waals surface area contributed by atoms with Crippen molar-refractivity contribution in [3.8, 4) is 5.75 Å². The maximum absolute atomic E-state index is 12.5. The summed E-state index contributed by atoms with van der Waals surface area (Å²) in [4.78, 5) is 19.8. The Morgan fingerprint density at radius 1 is 1.03 bits per heavy atom. The highest BCUT2D eigenvalue weighted by Gasteiger charge is 2.30. The van der Waals surface area contributed by atoms with Gasteiger partial charge in [-0.2, -0.15) is 5.06 Å². The number of carbonyl (C=O) groups excluding carboxylic acids is 1. The predicted molar refractivity (Wildman–Crippen MR) is 128 cm³/mol. The van der Waals surface area contributed by atoms with Crippen molar-refractivity contribution in [3.05, 3.63) is 65.7 Å². The average Bonchev–Trinajstić information content (AvgIpc) is 2.78. The molecule has 2 aromatic carbocycles. The van der Waals surface area contributed by atoms with Crippen molar-refractivity contribution >= 4 is 6.09 Å². The zero-order valence-electron chi connectivity index (χ0n) is 19.0. The molecule has 0 aromatic heterocycles. The van der Waals surface area contributed by atoms with E-state index in [1.807, 2.05) is 47.5 Å². The van der Waals surface area contributed by atoms with Gasteiger partial charge in [0.2, 0.25) is 0 Å². The summed E-state index contributed by atoms with van der Waals surface area (Å²) in [5.41, 5.74) is 2.38. The molecule has 1 fully saturated rings. The van der Waals surface area contributed by atoms with E-state index in [2.05, 4.69) is 32.9 Å². The van der Waals surface area contributed by atoms with Crippen LogP contribution < -0.4 is 4.74 Å². The Balaban J connectivity index is 0.00000363. The summed E-state index contributed by atoms with van der Waals surface area (Å²) in [6.07, 6.45) is 0.459. The van der Waals surface area contributed by atoms with Gasteiger partial charge >= 0.3 is 6.09 Å². The van der Waals surface area contributed by atoms with E-state index >= 15 is 0 Å². The first kappa shape index (κ1) is 25.7. The largest absolute Gasteiger partial charge is 0.494 e. The highest BCUT2D eigenvalue weighted by atomic mass is 16.7. The fraction of sp³-hybridized carbons (Fsp3) is 0.500. The minimum atomic E-state index is -0.289. The van der Waals surface area contributed by atoms with Crippen molar-refractivity contribution < 1.29 is 19.1 Å². The molecule has 2 aromatic rings. The van der Waals surface area contributed by atoms with Crippen LogP contribution in [-0.4, -0.2) is 55.4 Å². The molecule has 0 saturated carbocycles. The van der Waals surface area contributed by atoms with Gasteiger partial charge in [-0.05, 0) is 28.7 Å². The number of hydrogen-bond acceptors (Lipinski definition) is 5. The van der Waals surface area contributed by atoms with E-state index in [-0.39, 0.29) is 31.6 Å². The highest BCUT2D eigenvalue weighted by molar-refractivity contribution is 5.67. The molecule has 1 aliphatic heterocycles. The molecular weight excluding hydrogens is 404 g/mol. The fourth-order valence-electron chi connectivity index (χ4n) is 3.65. The molecule has 1 saturated heterocycles. The molecule has 176 valence electrons. The third kappa shape index (κ3) is 7.24. The predicted octanol–water partition coefficient (Wildman–Crippen LogP) is 5.27. The number of hydrogen-bond donors (Lipinski definition) is 0. The minimum absolute atomic E-state index is 0. The van der Waals surface area contributed by atoms with E-state index in [9.17, 15) is 4.79 Å². The van der Waals surface area contributed by atoms with Gasteiger partial charge in [0.1, 0.15) is 12.4 Å². The van der Waals surface area contributed by atoms with Crippen LogP contribution in [0.25, 0.3) is 0 Å². The molecule has 0 unspecified atom stereocenters. The Morgan fingerprint density at radius 3 is 2.34 bits per heavy atom. The third-order valence-electron chi connectivity index (χ3n) is 5.57. The van der Waals surface area contributed by atoms with E-state index in [0.717, 1.165) is 17.7 Å². The van der Waals surface area contributed by atoms with Gasteiger partial charge in [-0.3, -0.25) is 0 Å². The fourth-order valence-corrected chi connectivity index (χ4v) is 3.65. The summed E-state index contributed by atoms with van der Waals surface area (Å²) < 4.78 is 11.4. The first-order chi connectivity index (χ1) is 14.9. The second kappa shape index (κ2) is 11.9. The number of hydroxylamine groups is 2. The standard InChI is InChI=1S/C25H34N2O4.CH4/c1-25(2,3)21-10-12-23(13-11-21)30-17-14-22-18-26(15-16-27(22)29-4)24(28)31-19-20-8-6-5-7-9-20;/h5-13,22H,14-19H2,1-4H3;1H4/t22-;/m1./s1. The first-order valence-corrected chi connectivity index (χ1v) is 10.9.